The molecule has 0 fully saturated rings. The van der Waals surface area contributed by atoms with Crippen LogP contribution in [0.1, 0.15) is 5.56 Å². The van der Waals surface area contributed by atoms with Crippen LogP contribution in [0.5, 0.6) is 0 Å². The number of hydrogen-bond donors (Lipinski definition) is 1. The zero-order valence-corrected chi connectivity index (χ0v) is 9.50. The van der Waals surface area contributed by atoms with Crippen molar-refractivity contribution in [3.05, 3.63) is 47.0 Å². The van der Waals surface area contributed by atoms with Crippen molar-refractivity contribution in [1.82, 2.24) is 9.78 Å². The Labute approximate surface area is 97.8 Å². The monoisotopic (exact) mass is 239 g/mol. The molecule has 1 N–H and O–H groups in total. The fourth-order valence-electron chi connectivity index (χ4n) is 1.37. The van der Waals surface area contributed by atoms with Gasteiger partial charge in [0.15, 0.2) is 0 Å². The van der Waals surface area contributed by atoms with Crippen molar-refractivity contribution in [3.63, 3.8) is 0 Å². The quantitative estimate of drug-likeness (QED) is 0.893. The zero-order chi connectivity index (χ0) is 11.5. The van der Waals surface area contributed by atoms with Gasteiger partial charge in [-0.3, -0.25) is 4.68 Å². The van der Waals surface area contributed by atoms with E-state index in [1.165, 1.54) is 6.07 Å². The Morgan fingerprint density at radius 2 is 2.31 bits per heavy atom. The van der Waals surface area contributed by atoms with Gasteiger partial charge in [-0.05, 0) is 17.7 Å². The molecule has 0 bridgehead atoms. The summed E-state index contributed by atoms with van der Waals surface area (Å²) in [5.74, 6) is -0.396. The summed E-state index contributed by atoms with van der Waals surface area (Å²) in [4.78, 5) is 0. The molecule has 1 aromatic heterocycles. The molecule has 16 heavy (non-hydrogen) atoms. The van der Waals surface area contributed by atoms with Gasteiger partial charge < -0.3 is 5.32 Å². The van der Waals surface area contributed by atoms with Gasteiger partial charge in [-0.15, -0.1) is 0 Å². The molecule has 3 nitrogen and oxygen atoms in total. The van der Waals surface area contributed by atoms with Crippen LogP contribution in [0.15, 0.2) is 30.6 Å². The first kappa shape index (κ1) is 11.0. The summed E-state index contributed by atoms with van der Waals surface area (Å²) in [5, 5.41) is 7.34. The maximum atomic E-state index is 12.9. The van der Waals surface area contributed by atoms with Crippen molar-refractivity contribution in [2.24, 2.45) is 7.05 Å². The molecule has 0 saturated carbocycles. The van der Waals surface area contributed by atoms with Gasteiger partial charge in [-0.25, -0.2) is 4.39 Å². The Bertz CT molecular complexity index is 496. The third-order valence-electron chi connectivity index (χ3n) is 2.19. The highest BCUT2D eigenvalue weighted by molar-refractivity contribution is 6.30. The van der Waals surface area contributed by atoms with E-state index in [0.29, 0.717) is 6.54 Å². The number of benzene rings is 1. The van der Waals surface area contributed by atoms with E-state index < -0.39 is 5.82 Å². The highest BCUT2D eigenvalue weighted by atomic mass is 35.5. The summed E-state index contributed by atoms with van der Waals surface area (Å²) in [6.07, 6.45) is 3.59. The lowest BCUT2D eigenvalue weighted by Gasteiger charge is -2.04. The number of halogens is 2. The van der Waals surface area contributed by atoms with Crippen LogP contribution in [0.2, 0.25) is 5.02 Å². The summed E-state index contributed by atoms with van der Waals surface area (Å²) in [6.45, 7) is 0.589. The Kier molecular flexibility index (Phi) is 3.10. The fraction of sp³-hybridized carbons (Fsp3) is 0.182. The van der Waals surface area contributed by atoms with Gasteiger partial charge in [-0.1, -0.05) is 17.7 Å². The highest BCUT2D eigenvalue weighted by Gasteiger charge is 2.01. The lowest BCUT2D eigenvalue weighted by Crippen LogP contribution is -1.98. The largest absolute Gasteiger partial charge is 0.378 e. The van der Waals surface area contributed by atoms with E-state index >= 15 is 0 Å². The molecule has 2 aromatic rings. The number of nitrogens with zero attached hydrogens (tertiary/aromatic N) is 2. The zero-order valence-electron chi connectivity index (χ0n) is 8.74. The van der Waals surface area contributed by atoms with Gasteiger partial charge in [-0.2, -0.15) is 5.10 Å². The summed E-state index contributed by atoms with van der Waals surface area (Å²) in [6, 6.07) is 4.67. The van der Waals surface area contributed by atoms with Crippen molar-refractivity contribution < 1.29 is 4.39 Å². The second kappa shape index (κ2) is 4.53. The smallest absolute Gasteiger partial charge is 0.141 e. The van der Waals surface area contributed by atoms with Gasteiger partial charge in [0, 0.05) is 19.8 Å². The molecular weight excluding hydrogens is 229 g/mol. The molecule has 5 heteroatoms. The number of anilines is 1. The second-order valence-electron chi connectivity index (χ2n) is 3.50. The first-order valence-electron chi connectivity index (χ1n) is 4.81. The van der Waals surface area contributed by atoms with Crippen LogP contribution in [0.25, 0.3) is 0 Å². The molecular formula is C11H11ClFN3. The van der Waals surface area contributed by atoms with Gasteiger partial charge in [0.05, 0.1) is 16.9 Å². The normalized spacial score (nSPS) is 10.4. The van der Waals surface area contributed by atoms with E-state index in [4.69, 9.17) is 11.6 Å². The number of aromatic nitrogens is 2. The molecule has 84 valence electrons. The minimum atomic E-state index is -0.396. The SMILES string of the molecule is Cn1cc(NCc2ccc(F)c(Cl)c2)cn1. The minimum Gasteiger partial charge on any atom is -0.378 e. The first-order valence-corrected chi connectivity index (χ1v) is 5.19. The molecule has 0 saturated heterocycles. The molecule has 0 aliphatic carbocycles. The predicted molar refractivity (Wildman–Crippen MR) is 61.9 cm³/mol. The first-order chi connectivity index (χ1) is 7.65. The number of hydrogen-bond acceptors (Lipinski definition) is 2. The van der Waals surface area contributed by atoms with Crippen LogP contribution in [-0.2, 0) is 13.6 Å². The van der Waals surface area contributed by atoms with Crippen LogP contribution in [0.3, 0.4) is 0 Å². The second-order valence-corrected chi connectivity index (χ2v) is 3.91. The van der Waals surface area contributed by atoms with E-state index in [1.807, 2.05) is 13.2 Å². The van der Waals surface area contributed by atoms with Gasteiger partial charge in [0.25, 0.3) is 0 Å². The number of aryl methyl sites for hydroxylation is 1. The average Bonchev–Trinajstić information content (AvgIpc) is 2.66. The van der Waals surface area contributed by atoms with Gasteiger partial charge >= 0.3 is 0 Å². The third-order valence-corrected chi connectivity index (χ3v) is 2.48. The van der Waals surface area contributed by atoms with Crippen molar-refractivity contribution in [1.29, 1.82) is 0 Å². The third kappa shape index (κ3) is 2.52. The Morgan fingerprint density at radius 3 is 2.94 bits per heavy atom. The van der Waals surface area contributed by atoms with E-state index in [0.717, 1.165) is 11.3 Å². The van der Waals surface area contributed by atoms with Gasteiger partial charge in [0.1, 0.15) is 5.82 Å². The van der Waals surface area contributed by atoms with E-state index in [-0.39, 0.29) is 5.02 Å². The maximum absolute atomic E-state index is 12.9. The van der Waals surface area contributed by atoms with Gasteiger partial charge in [0.2, 0.25) is 0 Å². The summed E-state index contributed by atoms with van der Waals surface area (Å²) in [5.41, 5.74) is 1.85. The maximum Gasteiger partial charge on any atom is 0.141 e. The van der Waals surface area contributed by atoms with Crippen molar-refractivity contribution in [2.75, 3.05) is 5.32 Å². The van der Waals surface area contributed by atoms with Crippen molar-refractivity contribution in [2.45, 2.75) is 6.54 Å². The Balaban J connectivity index is 2.02. The lowest BCUT2D eigenvalue weighted by atomic mass is 10.2. The molecule has 0 atom stereocenters. The molecule has 1 aromatic carbocycles. The van der Waals surface area contributed by atoms with Crippen LogP contribution < -0.4 is 5.32 Å². The molecule has 0 spiro atoms. The van der Waals surface area contributed by atoms with E-state index in [9.17, 15) is 4.39 Å². The van der Waals surface area contributed by atoms with Crippen molar-refractivity contribution >= 4 is 17.3 Å². The lowest BCUT2D eigenvalue weighted by molar-refractivity contribution is 0.627. The molecule has 0 radical (unpaired) electrons. The van der Waals surface area contributed by atoms with Crippen LogP contribution in [-0.4, -0.2) is 9.78 Å². The molecule has 0 aliphatic heterocycles. The molecule has 0 unspecified atom stereocenters. The molecule has 2 rings (SSSR count). The standard InChI is InChI=1S/C11H11ClFN3/c1-16-7-9(6-15-16)14-5-8-2-3-11(13)10(12)4-8/h2-4,6-7,14H,5H2,1H3. The Morgan fingerprint density at radius 1 is 1.50 bits per heavy atom. The fourth-order valence-corrected chi connectivity index (χ4v) is 1.57. The van der Waals surface area contributed by atoms with Crippen molar-refractivity contribution in [3.8, 4) is 0 Å². The van der Waals surface area contributed by atoms with E-state index in [1.54, 1.807) is 23.0 Å². The summed E-state index contributed by atoms with van der Waals surface area (Å²) >= 11 is 5.68. The summed E-state index contributed by atoms with van der Waals surface area (Å²) < 4.78 is 14.6. The topological polar surface area (TPSA) is 29.9 Å². The number of nitrogens with one attached hydrogen (secondary N) is 1. The van der Waals surface area contributed by atoms with Crippen LogP contribution >= 0.6 is 11.6 Å². The van der Waals surface area contributed by atoms with E-state index in [2.05, 4.69) is 10.4 Å². The minimum absolute atomic E-state index is 0.144. The summed E-state index contributed by atoms with van der Waals surface area (Å²) in [7, 11) is 1.85. The highest BCUT2D eigenvalue weighted by Crippen LogP contribution is 2.16. The van der Waals surface area contributed by atoms with Crippen LogP contribution in [0.4, 0.5) is 10.1 Å². The Hall–Kier alpha value is -1.55. The van der Waals surface area contributed by atoms with Crippen LogP contribution in [0, 0.1) is 5.82 Å². The molecule has 0 aliphatic rings. The molecule has 1 heterocycles. The molecule has 0 amide bonds. The predicted octanol–water partition coefficient (Wildman–Crippen LogP) is 2.82. The number of rotatable bonds is 3. The average molecular weight is 240 g/mol.